The van der Waals surface area contributed by atoms with E-state index in [4.69, 9.17) is 10.6 Å². The number of nitrogens with one attached hydrogen (secondary N) is 1. The molecular formula is C13H20N2OS2. The molecule has 1 atom stereocenters. The van der Waals surface area contributed by atoms with Gasteiger partial charge in [-0.3, -0.25) is 11.3 Å². The van der Waals surface area contributed by atoms with Crippen LogP contribution >= 0.6 is 22.7 Å². The zero-order chi connectivity index (χ0) is 13.2. The van der Waals surface area contributed by atoms with E-state index in [-0.39, 0.29) is 11.6 Å². The summed E-state index contributed by atoms with van der Waals surface area (Å²) in [6.07, 6.45) is 1.95. The van der Waals surface area contributed by atoms with Crippen molar-refractivity contribution in [2.24, 2.45) is 5.84 Å². The maximum Gasteiger partial charge on any atom is 0.0623 e. The Bertz CT molecular complexity index is 475. The topological polar surface area (TPSA) is 47.3 Å². The fraction of sp³-hybridized carbons (Fsp3) is 0.538. The van der Waals surface area contributed by atoms with Crippen molar-refractivity contribution in [3.8, 4) is 0 Å². The molecule has 0 amide bonds. The molecule has 0 spiro atoms. The minimum atomic E-state index is -0.0935. The fourth-order valence-electron chi connectivity index (χ4n) is 1.86. The highest BCUT2D eigenvalue weighted by atomic mass is 32.1. The van der Waals surface area contributed by atoms with E-state index in [0.29, 0.717) is 0 Å². The Kier molecular flexibility index (Phi) is 4.40. The molecule has 2 rings (SSSR count). The maximum atomic E-state index is 5.69. The zero-order valence-corrected chi connectivity index (χ0v) is 12.7. The third-order valence-corrected chi connectivity index (χ3v) is 5.50. The Balaban J connectivity index is 2.07. The normalized spacial score (nSPS) is 14.2. The van der Waals surface area contributed by atoms with Gasteiger partial charge in [-0.2, -0.15) is 0 Å². The lowest BCUT2D eigenvalue weighted by molar-refractivity contribution is 0.0117. The van der Waals surface area contributed by atoms with Crippen LogP contribution in [0.3, 0.4) is 0 Å². The van der Waals surface area contributed by atoms with E-state index in [0.717, 1.165) is 12.8 Å². The largest absolute Gasteiger partial charge is 0.379 e. The van der Waals surface area contributed by atoms with Crippen molar-refractivity contribution in [2.75, 3.05) is 7.11 Å². The van der Waals surface area contributed by atoms with Gasteiger partial charge in [-0.15, -0.1) is 22.7 Å². The van der Waals surface area contributed by atoms with Gasteiger partial charge in [-0.1, -0.05) is 0 Å². The van der Waals surface area contributed by atoms with Crippen LogP contribution in [0.2, 0.25) is 0 Å². The molecular weight excluding hydrogens is 264 g/mol. The first kappa shape index (κ1) is 14.0. The predicted molar refractivity (Wildman–Crippen MR) is 80.1 cm³/mol. The quantitative estimate of drug-likeness (QED) is 0.628. The third kappa shape index (κ3) is 3.10. The standard InChI is InChI=1S/C13H20N2OS2/c1-13(2,16-3)6-4-9(15-14)11-8-12-10(18-11)5-7-17-12/h5,7-9,15H,4,6,14H2,1-3H3. The van der Waals surface area contributed by atoms with Gasteiger partial charge in [0.05, 0.1) is 11.6 Å². The molecule has 0 aliphatic carbocycles. The molecule has 2 heterocycles. The first-order valence-corrected chi connectivity index (χ1v) is 7.73. The van der Waals surface area contributed by atoms with E-state index in [1.54, 1.807) is 18.4 Å². The van der Waals surface area contributed by atoms with Crippen LogP contribution in [-0.4, -0.2) is 12.7 Å². The summed E-state index contributed by atoms with van der Waals surface area (Å²) in [7, 11) is 1.76. The van der Waals surface area contributed by atoms with Crippen LogP contribution in [0.1, 0.15) is 37.6 Å². The zero-order valence-electron chi connectivity index (χ0n) is 11.0. The minimum absolute atomic E-state index is 0.0935. The molecule has 3 N–H and O–H groups in total. The maximum absolute atomic E-state index is 5.69. The smallest absolute Gasteiger partial charge is 0.0623 e. The van der Waals surface area contributed by atoms with Crippen LogP contribution in [0.25, 0.3) is 9.40 Å². The van der Waals surface area contributed by atoms with Gasteiger partial charge in [0.25, 0.3) is 0 Å². The highest BCUT2D eigenvalue weighted by Crippen LogP contribution is 2.35. The Morgan fingerprint density at radius 1 is 1.44 bits per heavy atom. The second-order valence-corrected chi connectivity index (χ2v) is 7.08. The molecule has 0 radical (unpaired) electrons. The van der Waals surface area contributed by atoms with E-state index in [2.05, 4.69) is 36.8 Å². The summed E-state index contributed by atoms with van der Waals surface area (Å²) in [5.41, 5.74) is 2.83. The van der Waals surface area contributed by atoms with Crippen molar-refractivity contribution in [1.29, 1.82) is 0 Å². The Labute approximate surface area is 116 Å². The van der Waals surface area contributed by atoms with Crippen molar-refractivity contribution in [1.82, 2.24) is 5.43 Å². The molecule has 18 heavy (non-hydrogen) atoms. The van der Waals surface area contributed by atoms with Gasteiger partial charge in [0, 0.05) is 21.4 Å². The van der Waals surface area contributed by atoms with Crippen LogP contribution in [0.4, 0.5) is 0 Å². The minimum Gasteiger partial charge on any atom is -0.379 e. The number of thiophene rings is 2. The van der Waals surface area contributed by atoms with Crippen molar-refractivity contribution >= 4 is 32.1 Å². The summed E-state index contributed by atoms with van der Waals surface area (Å²) in [6.45, 7) is 4.21. The van der Waals surface area contributed by atoms with Gasteiger partial charge in [0.1, 0.15) is 0 Å². The predicted octanol–water partition coefficient (Wildman–Crippen LogP) is 3.67. The van der Waals surface area contributed by atoms with E-state index >= 15 is 0 Å². The van der Waals surface area contributed by atoms with Crippen molar-refractivity contribution in [3.05, 3.63) is 22.4 Å². The first-order chi connectivity index (χ1) is 8.55. The second kappa shape index (κ2) is 5.67. The summed E-state index contributed by atoms with van der Waals surface area (Å²) in [4.78, 5) is 1.31. The molecule has 0 aliphatic heterocycles. The van der Waals surface area contributed by atoms with Crippen molar-refractivity contribution in [3.63, 3.8) is 0 Å². The van der Waals surface area contributed by atoms with Gasteiger partial charge >= 0.3 is 0 Å². The molecule has 0 fully saturated rings. The molecule has 0 aromatic carbocycles. The van der Waals surface area contributed by atoms with E-state index in [1.165, 1.54) is 14.3 Å². The number of nitrogens with two attached hydrogens (primary N) is 1. The number of methoxy groups -OCH3 is 1. The van der Waals surface area contributed by atoms with Crippen LogP contribution in [0.15, 0.2) is 17.5 Å². The summed E-state index contributed by atoms with van der Waals surface area (Å²) in [6, 6.07) is 4.62. The Morgan fingerprint density at radius 3 is 2.83 bits per heavy atom. The van der Waals surface area contributed by atoms with Crippen molar-refractivity contribution in [2.45, 2.75) is 38.3 Å². The average Bonchev–Trinajstić information content (AvgIpc) is 2.90. The van der Waals surface area contributed by atoms with E-state index < -0.39 is 0 Å². The van der Waals surface area contributed by atoms with Gasteiger partial charge in [-0.25, -0.2) is 0 Å². The average molecular weight is 284 g/mol. The Hall–Kier alpha value is -0.460. The molecule has 2 aromatic heterocycles. The second-order valence-electron chi connectivity index (χ2n) is 5.02. The van der Waals surface area contributed by atoms with Gasteiger partial charge in [0.15, 0.2) is 0 Å². The van der Waals surface area contributed by atoms with Gasteiger partial charge in [0.2, 0.25) is 0 Å². The fourth-order valence-corrected chi connectivity index (χ4v) is 4.07. The molecule has 1 unspecified atom stereocenters. The first-order valence-electron chi connectivity index (χ1n) is 6.04. The lowest BCUT2D eigenvalue weighted by Crippen LogP contribution is -2.30. The monoisotopic (exact) mass is 284 g/mol. The number of hydrogen-bond donors (Lipinski definition) is 2. The van der Waals surface area contributed by atoms with Crippen LogP contribution < -0.4 is 11.3 Å². The highest BCUT2D eigenvalue weighted by molar-refractivity contribution is 7.26. The molecule has 0 aliphatic rings. The third-order valence-electron chi connectivity index (χ3n) is 3.29. The Morgan fingerprint density at radius 2 is 2.22 bits per heavy atom. The number of ether oxygens (including phenoxy) is 1. The summed E-state index contributed by atoms with van der Waals surface area (Å²) in [5, 5.41) is 2.13. The van der Waals surface area contributed by atoms with Gasteiger partial charge < -0.3 is 4.74 Å². The summed E-state index contributed by atoms with van der Waals surface area (Å²) in [5.74, 6) is 5.69. The molecule has 3 nitrogen and oxygen atoms in total. The molecule has 0 saturated carbocycles. The molecule has 100 valence electrons. The number of hydrogen-bond acceptors (Lipinski definition) is 5. The summed E-state index contributed by atoms with van der Waals surface area (Å²) >= 11 is 3.60. The van der Waals surface area contributed by atoms with Crippen LogP contribution in [0.5, 0.6) is 0 Å². The number of hydrazine groups is 1. The molecule has 5 heteroatoms. The summed E-state index contributed by atoms with van der Waals surface area (Å²) < 4.78 is 8.15. The van der Waals surface area contributed by atoms with Crippen molar-refractivity contribution < 1.29 is 4.74 Å². The SMILES string of the molecule is COC(C)(C)CCC(NN)c1cc2sccc2s1. The lowest BCUT2D eigenvalue weighted by Gasteiger charge is -2.25. The van der Waals surface area contributed by atoms with E-state index in [9.17, 15) is 0 Å². The molecule has 0 saturated heterocycles. The highest BCUT2D eigenvalue weighted by Gasteiger charge is 2.21. The molecule has 2 aromatic rings. The number of rotatable bonds is 6. The van der Waals surface area contributed by atoms with Crippen LogP contribution in [0, 0.1) is 0 Å². The van der Waals surface area contributed by atoms with Crippen LogP contribution in [-0.2, 0) is 4.74 Å². The lowest BCUT2D eigenvalue weighted by atomic mass is 9.98. The van der Waals surface area contributed by atoms with E-state index in [1.807, 2.05) is 11.3 Å². The molecule has 0 bridgehead atoms. The van der Waals surface area contributed by atoms with Gasteiger partial charge in [-0.05, 0) is 44.2 Å². The number of fused-ring (bicyclic) bond motifs is 1.